The van der Waals surface area contributed by atoms with Gasteiger partial charge in [-0.05, 0) is 48.0 Å². The molecular weight excluding hydrogens is 471 g/mol. The van der Waals surface area contributed by atoms with Crippen LogP contribution in [0.4, 0.5) is 11.4 Å². The molecule has 168 valence electrons. The molecular formula is C22H16Cl2N4O5. The summed E-state index contributed by atoms with van der Waals surface area (Å²) >= 11 is 11.8. The number of nitro groups is 1. The van der Waals surface area contributed by atoms with Gasteiger partial charge in [-0.1, -0.05) is 35.3 Å². The van der Waals surface area contributed by atoms with E-state index in [0.717, 1.165) is 0 Å². The molecule has 0 aliphatic rings. The second-order valence-corrected chi connectivity index (χ2v) is 7.36. The fourth-order valence-electron chi connectivity index (χ4n) is 2.57. The molecule has 2 N–H and O–H groups in total. The van der Waals surface area contributed by atoms with Crippen LogP contribution in [0.3, 0.4) is 0 Å². The van der Waals surface area contributed by atoms with Crippen LogP contribution in [0.5, 0.6) is 5.75 Å². The lowest BCUT2D eigenvalue weighted by Gasteiger charge is -2.08. The number of ether oxygens (including phenoxy) is 1. The Morgan fingerprint density at radius 3 is 2.48 bits per heavy atom. The monoisotopic (exact) mass is 486 g/mol. The molecule has 0 aliphatic carbocycles. The number of rotatable bonds is 8. The van der Waals surface area contributed by atoms with Crippen molar-refractivity contribution >= 4 is 52.6 Å². The van der Waals surface area contributed by atoms with Crippen LogP contribution in [-0.2, 0) is 4.79 Å². The Hall–Kier alpha value is -3.95. The summed E-state index contributed by atoms with van der Waals surface area (Å²) in [7, 11) is 0. The van der Waals surface area contributed by atoms with Gasteiger partial charge in [0.1, 0.15) is 5.75 Å². The molecule has 0 aromatic heterocycles. The molecule has 0 atom stereocenters. The van der Waals surface area contributed by atoms with Crippen LogP contribution in [0.25, 0.3) is 0 Å². The van der Waals surface area contributed by atoms with Gasteiger partial charge in [-0.3, -0.25) is 19.7 Å². The standard InChI is InChI=1S/C22H16Cl2N4O5/c23-19-9-6-16(11-20(19)24)26-21(29)13-33-18-3-1-2-14(10-18)12-25-27-22(30)15-4-7-17(8-5-15)28(31)32/h1-12H,13H2,(H,26,29)(H,27,30)/b25-12+. The molecule has 0 unspecified atom stereocenters. The fourth-order valence-corrected chi connectivity index (χ4v) is 2.87. The van der Waals surface area contributed by atoms with Crippen molar-refractivity contribution in [1.29, 1.82) is 0 Å². The van der Waals surface area contributed by atoms with Crippen LogP contribution in [-0.4, -0.2) is 29.6 Å². The largest absolute Gasteiger partial charge is 0.484 e. The quantitative estimate of drug-likeness (QED) is 0.271. The van der Waals surface area contributed by atoms with Crippen LogP contribution in [0.2, 0.25) is 10.0 Å². The highest BCUT2D eigenvalue weighted by atomic mass is 35.5. The van der Waals surface area contributed by atoms with Crippen LogP contribution < -0.4 is 15.5 Å². The maximum Gasteiger partial charge on any atom is 0.271 e. The number of benzene rings is 3. The number of halogens is 2. The van der Waals surface area contributed by atoms with Crippen LogP contribution in [0.1, 0.15) is 15.9 Å². The number of nitro benzene ring substituents is 1. The van der Waals surface area contributed by atoms with Gasteiger partial charge in [0.15, 0.2) is 6.61 Å². The summed E-state index contributed by atoms with van der Waals surface area (Å²) in [6.45, 7) is -0.238. The van der Waals surface area contributed by atoms with Crippen molar-refractivity contribution in [2.75, 3.05) is 11.9 Å². The molecule has 33 heavy (non-hydrogen) atoms. The number of hydrogen-bond acceptors (Lipinski definition) is 6. The first-order valence-electron chi connectivity index (χ1n) is 9.37. The predicted molar refractivity (Wildman–Crippen MR) is 125 cm³/mol. The first-order valence-corrected chi connectivity index (χ1v) is 10.1. The van der Waals surface area contributed by atoms with Crippen molar-refractivity contribution in [2.45, 2.75) is 0 Å². The summed E-state index contributed by atoms with van der Waals surface area (Å²) in [6.07, 6.45) is 1.39. The minimum atomic E-state index is -0.550. The molecule has 3 aromatic carbocycles. The Kier molecular flexibility index (Phi) is 7.96. The van der Waals surface area contributed by atoms with Crippen molar-refractivity contribution in [3.8, 4) is 5.75 Å². The van der Waals surface area contributed by atoms with E-state index < -0.39 is 10.8 Å². The van der Waals surface area contributed by atoms with E-state index in [1.807, 2.05) is 0 Å². The van der Waals surface area contributed by atoms with Gasteiger partial charge in [0.25, 0.3) is 17.5 Å². The summed E-state index contributed by atoms with van der Waals surface area (Å²) in [5.41, 5.74) is 3.55. The number of carbonyl (C=O) groups is 2. The fraction of sp³-hybridized carbons (Fsp3) is 0.0455. The molecule has 0 heterocycles. The van der Waals surface area contributed by atoms with Gasteiger partial charge in [-0.2, -0.15) is 5.10 Å². The van der Waals surface area contributed by atoms with E-state index in [1.54, 1.807) is 36.4 Å². The molecule has 11 heteroatoms. The van der Waals surface area contributed by atoms with E-state index in [0.29, 0.717) is 27.0 Å². The highest BCUT2D eigenvalue weighted by Gasteiger charge is 2.09. The van der Waals surface area contributed by atoms with Gasteiger partial charge >= 0.3 is 0 Å². The maximum absolute atomic E-state index is 12.1. The highest BCUT2D eigenvalue weighted by Crippen LogP contribution is 2.25. The third-order valence-corrected chi connectivity index (χ3v) is 4.89. The number of nitrogens with zero attached hydrogens (tertiary/aromatic N) is 2. The molecule has 0 saturated heterocycles. The molecule has 0 fully saturated rings. The number of hydrazone groups is 1. The van der Waals surface area contributed by atoms with Gasteiger partial charge < -0.3 is 10.1 Å². The normalized spacial score (nSPS) is 10.6. The number of amides is 2. The van der Waals surface area contributed by atoms with E-state index in [2.05, 4.69) is 15.8 Å². The van der Waals surface area contributed by atoms with Crippen molar-refractivity contribution in [3.05, 3.63) is 98.0 Å². The van der Waals surface area contributed by atoms with E-state index in [4.69, 9.17) is 27.9 Å². The summed E-state index contributed by atoms with van der Waals surface area (Å²) in [5.74, 6) is -0.486. The van der Waals surface area contributed by atoms with Crippen molar-refractivity contribution in [2.24, 2.45) is 5.10 Å². The Labute approximate surface area is 198 Å². The maximum atomic E-state index is 12.1. The molecule has 0 bridgehead atoms. The van der Waals surface area contributed by atoms with Gasteiger partial charge in [-0.25, -0.2) is 5.43 Å². The van der Waals surface area contributed by atoms with Crippen molar-refractivity contribution in [3.63, 3.8) is 0 Å². The van der Waals surface area contributed by atoms with Crippen LogP contribution >= 0.6 is 23.2 Å². The number of anilines is 1. The molecule has 0 radical (unpaired) electrons. The van der Waals surface area contributed by atoms with Crippen molar-refractivity contribution < 1.29 is 19.2 Å². The van der Waals surface area contributed by atoms with Crippen LogP contribution in [0.15, 0.2) is 71.8 Å². The first kappa shape index (κ1) is 23.7. The van der Waals surface area contributed by atoms with E-state index in [1.165, 1.54) is 36.5 Å². The smallest absolute Gasteiger partial charge is 0.271 e. The molecule has 0 aliphatic heterocycles. The highest BCUT2D eigenvalue weighted by molar-refractivity contribution is 6.42. The van der Waals surface area contributed by atoms with E-state index in [-0.39, 0.29) is 23.8 Å². The zero-order valence-electron chi connectivity index (χ0n) is 16.8. The molecule has 2 amide bonds. The number of non-ortho nitro benzene ring substituents is 1. The van der Waals surface area contributed by atoms with Gasteiger partial charge in [0.2, 0.25) is 0 Å². The summed E-state index contributed by atoms with van der Waals surface area (Å²) < 4.78 is 5.49. The third-order valence-electron chi connectivity index (χ3n) is 4.15. The lowest BCUT2D eigenvalue weighted by molar-refractivity contribution is -0.384. The minimum absolute atomic E-state index is 0.113. The van der Waals surface area contributed by atoms with Gasteiger partial charge in [0, 0.05) is 23.4 Å². The Morgan fingerprint density at radius 1 is 1.03 bits per heavy atom. The third kappa shape index (κ3) is 7.03. The number of carbonyl (C=O) groups excluding carboxylic acids is 2. The summed E-state index contributed by atoms with van der Waals surface area (Å²) in [4.78, 5) is 34.3. The average molecular weight is 487 g/mol. The Morgan fingerprint density at radius 2 is 1.79 bits per heavy atom. The summed E-state index contributed by atoms with van der Waals surface area (Å²) in [6, 6.07) is 16.6. The molecule has 3 aromatic rings. The van der Waals surface area contributed by atoms with E-state index in [9.17, 15) is 19.7 Å². The summed E-state index contributed by atoms with van der Waals surface area (Å²) in [5, 5.41) is 17.9. The zero-order chi connectivity index (χ0) is 23.8. The lowest BCUT2D eigenvalue weighted by atomic mass is 10.2. The minimum Gasteiger partial charge on any atom is -0.484 e. The predicted octanol–water partition coefficient (Wildman–Crippen LogP) is 4.68. The van der Waals surface area contributed by atoms with Gasteiger partial charge in [-0.15, -0.1) is 0 Å². The average Bonchev–Trinajstić information content (AvgIpc) is 2.80. The molecule has 0 saturated carbocycles. The topological polar surface area (TPSA) is 123 Å². The molecule has 9 nitrogen and oxygen atoms in total. The Balaban J connectivity index is 1.51. The zero-order valence-corrected chi connectivity index (χ0v) is 18.3. The number of hydrogen-bond donors (Lipinski definition) is 2. The molecule has 0 spiro atoms. The lowest BCUT2D eigenvalue weighted by Crippen LogP contribution is -2.20. The van der Waals surface area contributed by atoms with E-state index >= 15 is 0 Å². The van der Waals surface area contributed by atoms with Crippen molar-refractivity contribution in [1.82, 2.24) is 5.43 Å². The first-order chi connectivity index (χ1) is 15.8. The number of nitrogens with one attached hydrogen (secondary N) is 2. The molecule has 3 rings (SSSR count). The SMILES string of the molecule is O=C(COc1cccc(/C=N/NC(=O)c2ccc([N+](=O)[O-])cc2)c1)Nc1ccc(Cl)c(Cl)c1. The van der Waals surface area contributed by atoms with Gasteiger partial charge in [0.05, 0.1) is 21.2 Å². The van der Waals surface area contributed by atoms with Crippen LogP contribution in [0, 0.1) is 10.1 Å². The Bertz CT molecular complexity index is 1220. The second kappa shape index (κ2) is 11.1. The second-order valence-electron chi connectivity index (χ2n) is 6.54.